The number of aliphatic hydroxyl groups excluding tert-OH is 1. The molecule has 154 valence electrons. The van der Waals surface area contributed by atoms with Gasteiger partial charge in [-0.2, -0.15) is 0 Å². The van der Waals surface area contributed by atoms with E-state index in [4.69, 9.17) is 0 Å². The highest BCUT2D eigenvalue weighted by Crippen LogP contribution is 2.36. The largest absolute Gasteiger partial charge is 0.481 e. The number of carboxylic acid groups (broad SMARTS) is 1. The van der Waals surface area contributed by atoms with E-state index >= 15 is 0 Å². The van der Waals surface area contributed by atoms with Crippen molar-refractivity contribution in [2.75, 3.05) is 13.1 Å². The maximum atomic E-state index is 14.3. The summed E-state index contributed by atoms with van der Waals surface area (Å²) >= 11 is 0. The van der Waals surface area contributed by atoms with Crippen LogP contribution in [0, 0.1) is 18.2 Å². The van der Waals surface area contributed by atoms with Crippen LogP contribution in [0.1, 0.15) is 40.7 Å². The third-order valence-electron chi connectivity index (χ3n) is 5.78. The second-order valence-electron chi connectivity index (χ2n) is 7.81. The van der Waals surface area contributed by atoms with Crippen molar-refractivity contribution >= 4 is 11.9 Å². The monoisotopic (exact) mass is 399 g/mol. The van der Waals surface area contributed by atoms with Crippen molar-refractivity contribution in [1.82, 2.24) is 4.90 Å². The highest BCUT2D eigenvalue weighted by atomic mass is 19.1. The third-order valence-corrected chi connectivity index (χ3v) is 5.78. The van der Waals surface area contributed by atoms with Crippen molar-refractivity contribution in [3.63, 3.8) is 0 Å². The van der Waals surface area contributed by atoms with E-state index < -0.39 is 29.2 Å². The summed E-state index contributed by atoms with van der Waals surface area (Å²) in [7, 11) is 0. The zero-order valence-electron chi connectivity index (χ0n) is 16.5. The molecule has 2 atom stereocenters. The van der Waals surface area contributed by atoms with Crippen LogP contribution in [0.3, 0.4) is 0 Å². The molecule has 0 aliphatic carbocycles. The van der Waals surface area contributed by atoms with Gasteiger partial charge in [-0.1, -0.05) is 36.4 Å². The Morgan fingerprint density at radius 3 is 2.59 bits per heavy atom. The second-order valence-corrected chi connectivity index (χ2v) is 7.81. The number of benzene rings is 2. The zero-order valence-corrected chi connectivity index (χ0v) is 16.5. The predicted molar refractivity (Wildman–Crippen MR) is 107 cm³/mol. The van der Waals surface area contributed by atoms with Gasteiger partial charge in [0.1, 0.15) is 11.2 Å². The lowest BCUT2D eigenvalue weighted by Gasteiger charge is -2.43. The average Bonchev–Trinajstić information content (AvgIpc) is 2.69. The van der Waals surface area contributed by atoms with Crippen LogP contribution in [0.5, 0.6) is 0 Å². The number of halogens is 1. The van der Waals surface area contributed by atoms with Crippen LogP contribution in [0.4, 0.5) is 4.39 Å². The number of nitrogens with zero attached hydrogens (tertiary/aromatic N) is 1. The Morgan fingerprint density at radius 2 is 1.93 bits per heavy atom. The van der Waals surface area contributed by atoms with E-state index in [1.165, 1.54) is 17.0 Å². The summed E-state index contributed by atoms with van der Waals surface area (Å²) in [6, 6.07) is 14.1. The minimum Gasteiger partial charge on any atom is -0.481 e. The van der Waals surface area contributed by atoms with Crippen LogP contribution in [0.2, 0.25) is 0 Å². The number of piperidine rings is 1. The Morgan fingerprint density at radius 1 is 1.21 bits per heavy atom. The Kier molecular flexibility index (Phi) is 6.33. The van der Waals surface area contributed by atoms with Gasteiger partial charge in [0.15, 0.2) is 0 Å². The zero-order chi connectivity index (χ0) is 21.0. The highest BCUT2D eigenvalue weighted by Gasteiger charge is 2.49. The van der Waals surface area contributed by atoms with E-state index in [-0.39, 0.29) is 31.5 Å². The molecule has 0 unspecified atom stereocenters. The minimum atomic E-state index is -1.45. The lowest BCUT2D eigenvalue weighted by molar-refractivity contribution is -0.162. The predicted octanol–water partition coefficient (Wildman–Crippen LogP) is 3.43. The quantitative estimate of drug-likeness (QED) is 0.780. The molecule has 0 saturated carbocycles. The van der Waals surface area contributed by atoms with Gasteiger partial charge in [-0.25, -0.2) is 4.39 Å². The molecule has 0 aromatic heterocycles. The van der Waals surface area contributed by atoms with E-state index in [0.29, 0.717) is 18.4 Å². The van der Waals surface area contributed by atoms with Crippen molar-refractivity contribution in [1.29, 1.82) is 0 Å². The number of amides is 1. The molecule has 2 N–H and O–H groups in total. The number of hydrogen-bond acceptors (Lipinski definition) is 3. The number of carbonyl (C=O) groups is 2. The fourth-order valence-corrected chi connectivity index (χ4v) is 4.03. The van der Waals surface area contributed by atoms with E-state index in [1.54, 1.807) is 13.0 Å². The first-order chi connectivity index (χ1) is 13.8. The van der Waals surface area contributed by atoms with Gasteiger partial charge in [-0.05, 0) is 55.9 Å². The van der Waals surface area contributed by atoms with Crippen molar-refractivity contribution in [2.24, 2.45) is 5.41 Å². The number of likely N-dealkylation sites (tertiary alicyclic amines) is 1. The summed E-state index contributed by atoms with van der Waals surface area (Å²) in [5.41, 5.74) is 0.265. The molecule has 0 radical (unpaired) electrons. The summed E-state index contributed by atoms with van der Waals surface area (Å²) in [5, 5.41) is 20.5. The molecular formula is C23H26FNO4. The molecule has 5 nitrogen and oxygen atoms in total. The Labute approximate surface area is 169 Å². The van der Waals surface area contributed by atoms with Gasteiger partial charge in [0.05, 0.1) is 11.7 Å². The molecule has 1 saturated heterocycles. The van der Waals surface area contributed by atoms with E-state index in [1.807, 2.05) is 30.3 Å². The molecule has 1 aliphatic heterocycles. The molecular weight excluding hydrogens is 373 g/mol. The maximum absolute atomic E-state index is 14.3. The molecule has 2 aromatic rings. The Balaban J connectivity index is 1.77. The number of aliphatic carboxylic acids is 1. The van der Waals surface area contributed by atoms with Crippen molar-refractivity contribution in [3.05, 3.63) is 71.0 Å². The smallest absolute Gasteiger partial charge is 0.314 e. The van der Waals surface area contributed by atoms with E-state index in [0.717, 1.165) is 5.56 Å². The topological polar surface area (TPSA) is 77.8 Å². The molecule has 29 heavy (non-hydrogen) atoms. The summed E-state index contributed by atoms with van der Waals surface area (Å²) in [4.78, 5) is 26.4. The molecule has 6 heteroatoms. The van der Waals surface area contributed by atoms with Crippen molar-refractivity contribution in [2.45, 2.75) is 38.7 Å². The van der Waals surface area contributed by atoms with Crippen LogP contribution in [0.25, 0.3) is 0 Å². The van der Waals surface area contributed by atoms with Crippen LogP contribution in [-0.2, 0) is 11.2 Å². The number of hydrogen-bond donors (Lipinski definition) is 2. The Hall–Kier alpha value is -2.73. The summed E-state index contributed by atoms with van der Waals surface area (Å²) in [6.07, 6.45) is 0.579. The molecule has 0 bridgehead atoms. The average molecular weight is 399 g/mol. The van der Waals surface area contributed by atoms with Crippen LogP contribution >= 0.6 is 0 Å². The van der Waals surface area contributed by atoms with Crippen LogP contribution in [0.15, 0.2) is 48.5 Å². The lowest BCUT2D eigenvalue weighted by Crippen LogP contribution is -2.57. The highest BCUT2D eigenvalue weighted by molar-refractivity contribution is 5.95. The fourth-order valence-electron chi connectivity index (χ4n) is 4.03. The fraction of sp³-hybridized carbons (Fsp3) is 0.391. The van der Waals surface area contributed by atoms with Gasteiger partial charge >= 0.3 is 5.97 Å². The van der Waals surface area contributed by atoms with Gasteiger partial charge in [0.25, 0.3) is 5.91 Å². The molecule has 3 rings (SSSR count). The SMILES string of the molecule is Cc1ccc(C(=O)N2CC[C@H](O)[C@](CCCc3ccccc3)(C(=O)O)C2)c(F)c1. The number of carbonyl (C=O) groups excluding carboxylic acids is 1. The molecule has 2 aromatic carbocycles. The number of aliphatic hydroxyl groups is 1. The van der Waals surface area contributed by atoms with Crippen molar-refractivity contribution < 1.29 is 24.2 Å². The standard InChI is InChI=1S/C23H26FNO4/c1-16-9-10-18(19(24)14-16)21(27)25-13-11-20(26)23(15-25,22(28)29)12-5-8-17-6-3-2-4-7-17/h2-4,6-7,9-10,14,20,26H,5,8,11-13,15H2,1H3,(H,28,29)/t20-,23+/m0/s1. The first kappa shape index (κ1) is 21.0. The van der Waals surface area contributed by atoms with Crippen LogP contribution in [-0.4, -0.2) is 46.2 Å². The first-order valence-corrected chi connectivity index (χ1v) is 9.84. The summed E-state index contributed by atoms with van der Waals surface area (Å²) < 4.78 is 14.3. The lowest BCUT2D eigenvalue weighted by atomic mass is 9.73. The molecule has 1 aliphatic rings. The van der Waals surface area contributed by atoms with Gasteiger partial charge in [-0.3, -0.25) is 9.59 Å². The van der Waals surface area contributed by atoms with E-state index in [9.17, 15) is 24.2 Å². The molecule has 1 fully saturated rings. The number of carboxylic acids is 1. The number of rotatable bonds is 6. The Bertz CT molecular complexity index is 886. The molecule has 0 spiro atoms. The van der Waals surface area contributed by atoms with E-state index in [2.05, 4.69) is 0 Å². The van der Waals surface area contributed by atoms with Crippen LogP contribution < -0.4 is 0 Å². The second kappa shape index (κ2) is 8.74. The maximum Gasteiger partial charge on any atom is 0.314 e. The van der Waals surface area contributed by atoms with Gasteiger partial charge in [0, 0.05) is 13.1 Å². The van der Waals surface area contributed by atoms with Gasteiger partial charge in [-0.15, -0.1) is 0 Å². The van der Waals surface area contributed by atoms with Gasteiger partial charge in [0.2, 0.25) is 0 Å². The third kappa shape index (κ3) is 4.48. The van der Waals surface area contributed by atoms with Gasteiger partial charge < -0.3 is 15.1 Å². The number of aryl methyl sites for hydroxylation is 2. The molecule has 1 heterocycles. The summed E-state index contributed by atoms with van der Waals surface area (Å²) in [6.45, 7) is 1.79. The molecule has 1 amide bonds. The normalized spacial score (nSPS) is 21.8. The minimum absolute atomic E-state index is 0.0736. The van der Waals surface area contributed by atoms with Crippen molar-refractivity contribution in [3.8, 4) is 0 Å². The first-order valence-electron chi connectivity index (χ1n) is 9.84. The summed E-state index contributed by atoms with van der Waals surface area (Å²) in [5.74, 6) is -2.28.